The Bertz CT molecular complexity index is 1060. The number of ether oxygens (including phenoxy) is 1. The zero-order valence-electron chi connectivity index (χ0n) is 13.5. The molecule has 0 radical (unpaired) electrons. The Morgan fingerprint density at radius 1 is 1.26 bits per heavy atom. The molecule has 3 rings (SSSR count). The number of carbonyl (C=O) groups is 1. The lowest BCUT2D eigenvalue weighted by Gasteiger charge is -2.08. The normalized spacial score (nSPS) is 10.4. The number of halogens is 3. The van der Waals surface area contributed by atoms with E-state index in [4.69, 9.17) is 17.0 Å². The maximum absolute atomic E-state index is 14.2. The first-order valence-electron chi connectivity index (χ1n) is 7.44. The van der Waals surface area contributed by atoms with Crippen LogP contribution in [0.5, 0.6) is 5.75 Å². The molecule has 5 nitrogen and oxygen atoms in total. The maximum Gasteiger partial charge on any atom is 0.254 e. The summed E-state index contributed by atoms with van der Waals surface area (Å²) in [5, 5.41) is 0.537. The van der Waals surface area contributed by atoms with Crippen molar-refractivity contribution in [3.05, 3.63) is 73.8 Å². The molecule has 136 valence electrons. The van der Waals surface area contributed by atoms with Gasteiger partial charge in [0, 0.05) is 0 Å². The van der Waals surface area contributed by atoms with E-state index in [2.05, 4.69) is 25.8 Å². The van der Waals surface area contributed by atoms with Crippen LogP contribution in [-0.2, 0) is 6.61 Å². The van der Waals surface area contributed by atoms with Gasteiger partial charge in [-0.25, -0.2) is 18.6 Å². The van der Waals surface area contributed by atoms with Gasteiger partial charge >= 0.3 is 0 Å². The van der Waals surface area contributed by atoms with E-state index in [9.17, 15) is 13.6 Å². The summed E-state index contributed by atoms with van der Waals surface area (Å²) in [5.41, 5.74) is 6.14. The van der Waals surface area contributed by atoms with Gasteiger partial charge in [-0.05, 0) is 33.6 Å². The molecule has 27 heavy (non-hydrogen) atoms. The van der Waals surface area contributed by atoms with Crippen LogP contribution in [0.4, 0.5) is 14.5 Å². The minimum atomic E-state index is -1.21. The highest BCUT2D eigenvalue weighted by Gasteiger charge is 2.20. The van der Waals surface area contributed by atoms with Crippen molar-refractivity contribution in [2.75, 3.05) is 0 Å². The Kier molecular flexibility index (Phi) is 5.48. The Labute approximate surface area is 165 Å². The third kappa shape index (κ3) is 3.97. The van der Waals surface area contributed by atoms with E-state index in [0.717, 1.165) is 21.5 Å². The average Bonchev–Trinajstić information content (AvgIpc) is 3.01. The molecule has 0 unspecified atom stereocenters. The molecule has 0 atom stereocenters. The number of nitrogens with zero attached hydrogens (tertiary/aromatic N) is 2. The van der Waals surface area contributed by atoms with E-state index in [1.807, 2.05) is 0 Å². The van der Waals surface area contributed by atoms with Gasteiger partial charge in [0.25, 0.3) is 5.91 Å². The van der Waals surface area contributed by atoms with Gasteiger partial charge in [0.05, 0.1) is 16.1 Å². The van der Waals surface area contributed by atoms with Crippen LogP contribution in [0.15, 0.2) is 40.2 Å². The lowest BCUT2D eigenvalue weighted by atomic mass is 10.1. The fraction of sp³-hybridized carbons (Fsp3) is 0.0556. The molecule has 2 N–H and O–H groups in total. The molecule has 0 aliphatic carbocycles. The second-order valence-corrected chi connectivity index (χ2v) is 7.68. The van der Waals surface area contributed by atoms with Gasteiger partial charge in [0.15, 0.2) is 17.3 Å². The van der Waals surface area contributed by atoms with E-state index in [-0.39, 0.29) is 12.4 Å². The number of rotatable bonds is 5. The molecule has 0 aliphatic heterocycles. The molecule has 2 aromatic carbocycles. The van der Waals surface area contributed by atoms with Gasteiger partial charge in [-0.3, -0.25) is 4.79 Å². The van der Waals surface area contributed by atoms with Crippen molar-refractivity contribution >= 4 is 38.9 Å². The fourth-order valence-electron chi connectivity index (χ4n) is 2.29. The third-order valence-corrected chi connectivity index (χ3v) is 5.23. The van der Waals surface area contributed by atoms with Crippen LogP contribution in [0.1, 0.15) is 15.4 Å². The standard InChI is InChI=1S/C18H10BrF2N3O2S/c1-23-10-4-2-9(3-5-10)16-17(19)27-13(24-16)8-26-12-7-6-11(20)14(15(12)21)18(22)25/h2-7H,8H2,(H2,22,25). The molecule has 1 heterocycles. The molecule has 0 aliphatic rings. The van der Waals surface area contributed by atoms with E-state index >= 15 is 0 Å². The van der Waals surface area contributed by atoms with Crippen LogP contribution >= 0.6 is 27.3 Å². The lowest BCUT2D eigenvalue weighted by Crippen LogP contribution is -2.16. The Morgan fingerprint density at radius 3 is 2.59 bits per heavy atom. The molecule has 0 bridgehead atoms. The SMILES string of the molecule is [C-]#[N+]c1ccc(-c2nc(COc3ccc(F)c(C(N)=O)c3F)sc2Br)cc1. The number of thiazole rings is 1. The van der Waals surface area contributed by atoms with Crippen molar-refractivity contribution in [1.82, 2.24) is 4.98 Å². The second-order valence-electron chi connectivity index (χ2n) is 5.28. The molecule has 0 saturated carbocycles. The van der Waals surface area contributed by atoms with Gasteiger partial charge in [0.1, 0.15) is 23.0 Å². The van der Waals surface area contributed by atoms with Crippen LogP contribution < -0.4 is 10.5 Å². The lowest BCUT2D eigenvalue weighted by molar-refractivity contribution is 0.0991. The predicted octanol–water partition coefficient (Wildman–Crippen LogP) is 5.08. The summed E-state index contributed by atoms with van der Waals surface area (Å²) < 4.78 is 33.8. The quantitative estimate of drug-likeness (QED) is 0.552. The number of aromatic nitrogens is 1. The number of primary amides is 1. The summed E-state index contributed by atoms with van der Waals surface area (Å²) in [7, 11) is 0. The van der Waals surface area contributed by atoms with Crippen molar-refractivity contribution in [1.29, 1.82) is 0 Å². The smallest absolute Gasteiger partial charge is 0.254 e. The van der Waals surface area contributed by atoms with Crippen LogP contribution in [0.3, 0.4) is 0 Å². The van der Waals surface area contributed by atoms with Crippen LogP contribution in [0.25, 0.3) is 16.1 Å². The minimum Gasteiger partial charge on any atom is -0.483 e. The number of nitrogens with two attached hydrogens (primary N) is 1. The van der Waals surface area contributed by atoms with Crippen LogP contribution in [-0.4, -0.2) is 10.9 Å². The zero-order valence-corrected chi connectivity index (χ0v) is 15.9. The van der Waals surface area contributed by atoms with Crippen LogP contribution in [0.2, 0.25) is 0 Å². The van der Waals surface area contributed by atoms with Crippen molar-refractivity contribution in [3.8, 4) is 17.0 Å². The van der Waals surface area contributed by atoms with Gasteiger partial charge in [-0.2, -0.15) is 0 Å². The van der Waals surface area contributed by atoms with E-state index < -0.39 is 23.1 Å². The Hall–Kier alpha value is -2.83. The summed E-state index contributed by atoms with van der Waals surface area (Å²) in [6.45, 7) is 6.90. The summed E-state index contributed by atoms with van der Waals surface area (Å²) in [4.78, 5) is 18.9. The summed E-state index contributed by atoms with van der Waals surface area (Å²) in [6, 6.07) is 8.92. The topological polar surface area (TPSA) is 69.6 Å². The first-order chi connectivity index (χ1) is 12.9. The zero-order chi connectivity index (χ0) is 19.6. The Morgan fingerprint density at radius 2 is 1.96 bits per heavy atom. The molecule has 1 aromatic heterocycles. The molecule has 1 amide bonds. The Balaban J connectivity index is 1.81. The van der Waals surface area contributed by atoms with E-state index in [1.165, 1.54) is 11.3 Å². The van der Waals surface area contributed by atoms with Gasteiger partial charge in [-0.1, -0.05) is 24.3 Å². The first kappa shape index (κ1) is 18.9. The predicted molar refractivity (Wildman–Crippen MR) is 101 cm³/mol. The number of carbonyl (C=O) groups excluding carboxylic acids is 1. The van der Waals surface area contributed by atoms with Crippen LogP contribution in [0, 0.1) is 18.2 Å². The summed E-state index contributed by atoms with van der Waals surface area (Å²) in [5.74, 6) is -3.69. The van der Waals surface area contributed by atoms with Gasteiger partial charge < -0.3 is 10.5 Å². The number of benzene rings is 2. The van der Waals surface area contributed by atoms with Gasteiger partial charge in [-0.15, -0.1) is 11.3 Å². The molecule has 0 spiro atoms. The monoisotopic (exact) mass is 449 g/mol. The molecule has 0 saturated heterocycles. The largest absolute Gasteiger partial charge is 0.483 e. The first-order valence-corrected chi connectivity index (χ1v) is 9.05. The number of amides is 1. The van der Waals surface area contributed by atoms with Crippen molar-refractivity contribution in [3.63, 3.8) is 0 Å². The molecule has 9 heteroatoms. The van der Waals surface area contributed by atoms with Crippen molar-refractivity contribution in [2.24, 2.45) is 5.73 Å². The average molecular weight is 450 g/mol. The van der Waals surface area contributed by atoms with E-state index in [1.54, 1.807) is 24.3 Å². The molecular weight excluding hydrogens is 440 g/mol. The van der Waals surface area contributed by atoms with Gasteiger partial charge in [0.2, 0.25) is 0 Å². The highest BCUT2D eigenvalue weighted by atomic mass is 79.9. The maximum atomic E-state index is 14.2. The molecular formula is C18H10BrF2N3O2S. The highest BCUT2D eigenvalue weighted by molar-refractivity contribution is 9.11. The third-order valence-electron chi connectivity index (χ3n) is 3.55. The molecule has 0 fully saturated rings. The summed E-state index contributed by atoms with van der Waals surface area (Å²) in [6.07, 6.45) is 0. The van der Waals surface area contributed by atoms with E-state index in [0.29, 0.717) is 16.4 Å². The van der Waals surface area contributed by atoms with Crippen molar-refractivity contribution < 1.29 is 18.3 Å². The van der Waals surface area contributed by atoms with Crippen molar-refractivity contribution in [2.45, 2.75) is 6.61 Å². The highest BCUT2D eigenvalue weighted by Crippen LogP contribution is 2.34. The molecule has 3 aromatic rings. The second kappa shape index (κ2) is 7.82. The number of hydrogen-bond donors (Lipinski definition) is 1. The minimum absolute atomic E-state index is 0.0792. The summed E-state index contributed by atoms with van der Waals surface area (Å²) >= 11 is 4.72. The number of hydrogen-bond acceptors (Lipinski definition) is 4. The fourth-order valence-corrected chi connectivity index (χ4v) is 3.89.